The van der Waals surface area contributed by atoms with Gasteiger partial charge in [-0.2, -0.15) is 0 Å². The van der Waals surface area contributed by atoms with Gasteiger partial charge in [-0.15, -0.1) is 0 Å². The van der Waals surface area contributed by atoms with Crippen molar-refractivity contribution in [2.24, 2.45) is 11.8 Å². The first kappa shape index (κ1) is 18.2. The number of benzene rings is 1. The fourth-order valence-corrected chi connectivity index (χ4v) is 2.25. The van der Waals surface area contributed by atoms with Gasteiger partial charge in [0.2, 0.25) is 0 Å². The molecule has 122 valence electrons. The van der Waals surface area contributed by atoms with Crippen molar-refractivity contribution in [2.75, 3.05) is 13.2 Å². The molecule has 0 aliphatic heterocycles. The second-order valence-corrected chi connectivity index (χ2v) is 5.53. The first-order chi connectivity index (χ1) is 10.5. The van der Waals surface area contributed by atoms with Crippen LogP contribution in [0.25, 0.3) is 0 Å². The van der Waals surface area contributed by atoms with Crippen LogP contribution in [0.2, 0.25) is 0 Å². The predicted molar refractivity (Wildman–Crippen MR) is 85.4 cm³/mol. The average molecular weight is 306 g/mol. The van der Waals surface area contributed by atoms with Gasteiger partial charge in [0.1, 0.15) is 0 Å². The maximum absolute atomic E-state index is 11.6. The van der Waals surface area contributed by atoms with Crippen LogP contribution in [0.5, 0.6) is 0 Å². The second kappa shape index (κ2) is 9.23. The Kier molecular flexibility index (Phi) is 7.64. The van der Waals surface area contributed by atoms with Crippen LogP contribution in [0.4, 0.5) is 0 Å². The first-order valence-corrected chi connectivity index (χ1v) is 7.89. The van der Waals surface area contributed by atoms with Crippen LogP contribution in [0.3, 0.4) is 0 Å². The minimum absolute atomic E-state index is 0.149. The minimum Gasteiger partial charge on any atom is -0.466 e. The van der Waals surface area contributed by atoms with Crippen LogP contribution < -0.4 is 0 Å². The third-order valence-corrected chi connectivity index (χ3v) is 3.48. The van der Waals surface area contributed by atoms with Crippen molar-refractivity contribution in [3.8, 4) is 0 Å². The van der Waals surface area contributed by atoms with E-state index in [1.165, 1.54) is 0 Å². The van der Waals surface area contributed by atoms with E-state index in [9.17, 15) is 9.59 Å². The molecule has 0 aliphatic carbocycles. The molecule has 0 saturated heterocycles. The van der Waals surface area contributed by atoms with Gasteiger partial charge in [0.15, 0.2) is 0 Å². The molecule has 0 heterocycles. The summed E-state index contributed by atoms with van der Waals surface area (Å²) >= 11 is 0. The van der Waals surface area contributed by atoms with Gasteiger partial charge in [0.05, 0.1) is 25.0 Å². The molecule has 2 atom stereocenters. The van der Waals surface area contributed by atoms with Crippen LogP contribution in [0.15, 0.2) is 24.3 Å². The van der Waals surface area contributed by atoms with Crippen LogP contribution in [-0.4, -0.2) is 25.2 Å². The summed E-state index contributed by atoms with van der Waals surface area (Å²) in [4.78, 5) is 23.2. The highest BCUT2D eigenvalue weighted by atomic mass is 16.5. The van der Waals surface area contributed by atoms with Gasteiger partial charge in [-0.25, -0.2) is 0 Å². The molecule has 0 aromatic heterocycles. The highest BCUT2D eigenvalue weighted by Crippen LogP contribution is 2.15. The Morgan fingerprint density at radius 2 is 1.14 bits per heavy atom. The molecular weight excluding hydrogens is 280 g/mol. The van der Waals surface area contributed by atoms with Gasteiger partial charge >= 0.3 is 11.9 Å². The topological polar surface area (TPSA) is 52.6 Å². The van der Waals surface area contributed by atoms with E-state index in [1.807, 2.05) is 52.0 Å². The lowest BCUT2D eigenvalue weighted by Crippen LogP contribution is -2.17. The summed E-state index contributed by atoms with van der Waals surface area (Å²) in [5.41, 5.74) is 2.18. The molecule has 0 fully saturated rings. The molecular formula is C18H26O4. The zero-order chi connectivity index (χ0) is 16.5. The number of rotatable bonds is 8. The van der Waals surface area contributed by atoms with Gasteiger partial charge in [-0.05, 0) is 37.8 Å². The average Bonchev–Trinajstić information content (AvgIpc) is 2.49. The molecule has 4 nitrogen and oxygen atoms in total. The summed E-state index contributed by atoms with van der Waals surface area (Å²) in [7, 11) is 0. The zero-order valence-corrected chi connectivity index (χ0v) is 13.9. The molecule has 0 bridgehead atoms. The minimum atomic E-state index is -0.164. The first-order valence-electron chi connectivity index (χ1n) is 7.89. The summed E-state index contributed by atoms with van der Waals surface area (Å²) in [5, 5.41) is 0. The molecule has 0 aliphatic rings. The largest absolute Gasteiger partial charge is 0.466 e. The molecule has 0 spiro atoms. The maximum atomic E-state index is 11.6. The zero-order valence-electron chi connectivity index (χ0n) is 13.9. The molecule has 1 aromatic carbocycles. The summed E-state index contributed by atoms with van der Waals surface area (Å²) in [5.74, 6) is -0.626. The Morgan fingerprint density at radius 1 is 0.818 bits per heavy atom. The van der Waals surface area contributed by atoms with Gasteiger partial charge in [0, 0.05) is 0 Å². The lowest BCUT2D eigenvalue weighted by Gasteiger charge is -2.12. The van der Waals surface area contributed by atoms with Crippen LogP contribution in [0, 0.1) is 11.8 Å². The molecule has 0 radical (unpaired) electrons. The number of ether oxygens (including phenoxy) is 2. The normalized spacial score (nSPS) is 13.3. The lowest BCUT2D eigenvalue weighted by molar-refractivity contribution is -0.148. The van der Waals surface area contributed by atoms with Crippen molar-refractivity contribution < 1.29 is 19.1 Å². The van der Waals surface area contributed by atoms with E-state index in [1.54, 1.807) is 0 Å². The molecule has 1 aromatic rings. The smallest absolute Gasteiger partial charge is 0.308 e. The predicted octanol–water partition coefficient (Wildman–Crippen LogP) is 3.17. The van der Waals surface area contributed by atoms with E-state index in [2.05, 4.69) is 0 Å². The number of carbonyl (C=O) groups excluding carboxylic acids is 2. The fourth-order valence-electron chi connectivity index (χ4n) is 2.25. The standard InChI is InChI=1S/C18H26O4/c1-5-21-17(19)13(3)11-15-7-9-16(10-8-15)12-14(4)18(20)22-6-2/h7-10,13-14H,5-6,11-12H2,1-4H3. The monoisotopic (exact) mass is 306 g/mol. The van der Waals surface area contributed by atoms with Crippen molar-refractivity contribution in [2.45, 2.75) is 40.5 Å². The summed E-state index contributed by atoms with van der Waals surface area (Å²) in [6.45, 7) is 8.18. The van der Waals surface area contributed by atoms with E-state index >= 15 is 0 Å². The van der Waals surface area contributed by atoms with E-state index in [4.69, 9.17) is 9.47 Å². The van der Waals surface area contributed by atoms with Crippen molar-refractivity contribution in [1.29, 1.82) is 0 Å². The van der Waals surface area contributed by atoms with Gasteiger partial charge in [-0.1, -0.05) is 38.1 Å². The van der Waals surface area contributed by atoms with Crippen LogP contribution >= 0.6 is 0 Å². The fraction of sp³-hybridized carbons (Fsp3) is 0.556. The quantitative estimate of drug-likeness (QED) is 0.692. The second-order valence-electron chi connectivity index (χ2n) is 5.53. The molecule has 2 unspecified atom stereocenters. The number of hydrogen-bond donors (Lipinski definition) is 0. The third-order valence-electron chi connectivity index (χ3n) is 3.48. The molecule has 4 heteroatoms. The van der Waals surface area contributed by atoms with E-state index in [0.29, 0.717) is 26.1 Å². The van der Waals surface area contributed by atoms with E-state index < -0.39 is 0 Å². The number of esters is 2. The van der Waals surface area contributed by atoms with Crippen molar-refractivity contribution in [3.05, 3.63) is 35.4 Å². The summed E-state index contributed by atoms with van der Waals surface area (Å²) < 4.78 is 10.0. The van der Waals surface area contributed by atoms with Crippen molar-refractivity contribution in [3.63, 3.8) is 0 Å². The Balaban J connectivity index is 2.56. The number of carbonyl (C=O) groups is 2. The van der Waals surface area contributed by atoms with Gasteiger partial charge < -0.3 is 9.47 Å². The van der Waals surface area contributed by atoms with Crippen LogP contribution in [-0.2, 0) is 31.9 Å². The Labute approximate surface area is 132 Å². The summed E-state index contributed by atoms with van der Waals surface area (Å²) in [6.07, 6.45) is 1.32. The van der Waals surface area contributed by atoms with E-state index in [0.717, 1.165) is 11.1 Å². The third kappa shape index (κ3) is 5.88. The Morgan fingerprint density at radius 3 is 1.41 bits per heavy atom. The van der Waals surface area contributed by atoms with Crippen molar-refractivity contribution in [1.82, 2.24) is 0 Å². The highest BCUT2D eigenvalue weighted by molar-refractivity contribution is 5.72. The molecule has 0 N–H and O–H groups in total. The molecule has 0 amide bonds. The van der Waals surface area contributed by atoms with Gasteiger partial charge in [-0.3, -0.25) is 9.59 Å². The summed E-state index contributed by atoms with van der Waals surface area (Å²) in [6, 6.07) is 8.01. The molecule has 1 rings (SSSR count). The number of hydrogen-bond acceptors (Lipinski definition) is 4. The highest BCUT2D eigenvalue weighted by Gasteiger charge is 2.16. The van der Waals surface area contributed by atoms with Crippen LogP contribution in [0.1, 0.15) is 38.8 Å². The maximum Gasteiger partial charge on any atom is 0.308 e. The molecule has 22 heavy (non-hydrogen) atoms. The Bertz CT molecular complexity index is 433. The lowest BCUT2D eigenvalue weighted by atomic mass is 9.97. The van der Waals surface area contributed by atoms with Crippen molar-refractivity contribution >= 4 is 11.9 Å². The molecule has 0 saturated carbocycles. The Hall–Kier alpha value is -1.84. The SMILES string of the molecule is CCOC(=O)C(C)Cc1ccc(CC(C)C(=O)OCC)cc1. The van der Waals surface area contributed by atoms with E-state index in [-0.39, 0.29) is 23.8 Å². The van der Waals surface area contributed by atoms with Gasteiger partial charge in [0.25, 0.3) is 0 Å².